The lowest BCUT2D eigenvalue weighted by Crippen LogP contribution is -2.70. The highest BCUT2D eigenvalue weighted by atomic mass is 16.8. The van der Waals surface area contributed by atoms with Gasteiger partial charge in [0, 0.05) is 6.92 Å². The summed E-state index contributed by atoms with van der Waals surface area (Å²) in [6.45, 7) is -1.07. The van der Waals surface area contributed by atoms with E-state index in [9.17, 15) is 81.4 Å². The van der Waals surface area contributed by atoms with Gasteiger partial charge in [0.15, 0.2) is 31.5 Å². The van der Waals surface area contributed by atoms with E-state index in [0.29, 0.717) is 0 Å². The van der Waals surface area contributed by atoms with Crippen LogP contribution in [0.1, 0.15) is 13.8 Å². The molecule has 0 aromatic carbocycles. The van der Waals surface area contributed by atoms with Gasteiger partial charge in [0.05, 0.1) is 32.5 Å². The summed E-state index contributed by atoms with van der Waals surface area (Å²) in [7, 11) is 0. The number of carbonyl (C=O) groups excluding carboxylic acids is 1. The Balaban J connectivity index is 1.42. The number of carbonyl (C=O) groups is 1. The number of hydrogen-bond acceptors (Lipinski definition) is 25. The minimum absolute atomic E-state index is 0.779. The molecule has 5 aliphatic rings. The molecule has 0 aromatic heterocycles. The molecule has 16 N–H and O–H groups in total. The summed E-state index contributed by atoms with van der Waals surface area (Å²) in [5, 5.41) is 158. The second-order valence-electron chi connectivity index (χ2n) is 14.7. The fraction of sp³-hybridized carbons (Fsp3) is 0.969. The van der Waals surface area contributed by atoms with Crippen LogP contribution in [0, 0.1) is 0 Å². The van der Waals surface area contributed by atoms with E-state index in [1.54, 1.807) is 0 Å². The van der Waals surface area contributed by atoms with Crippen molar-refractivity contribution in [3.05, 3.63) is 0 Å². The molecule has 5 heterocycles. The number of hydrogen-bond donors (Lipinski definition) is 16. The molecule has 0 unspecified atom stereocenters. The average Bonchev–Trinajstić information content (AvgIpc) is 3.19. The maximum atomic E-state index is 12.7. The van der Waals surface area contributed by atoms with Gasteiger partial charge in [-0.15, -0.1) is 0 Å². The van der Waals surface area contributed by atoms with Gasteiger partial charge in [-0.1, -0.05) is 0 Å². The maximum Gasteiger partial charge on any atom is 0.217 e. The van der Waals surface area contributed by atoms with Crippen molar-refractivity contribution in [1.82, 2.24) is 5.32 Å². The molecule has 5 fully saturated rings. The van der Waals surface area contributed by atoms with E-state index in [-0.39, 0.29) is 0 Å². The Labute approximate surface area is 329 Å². The fourth-order valence-electron chi connectivity index (χ4n) is 7.27. The van der Waals surface area contributed by atoms with Crippen LogP contribution in [0.3, 0.4) is 0 Å². The SMILES string of the molecule is CC(=O)N[C@H]1[C@H](OC[C@H]2O[C@@H](O[C@H]3[C@H](O)[C@@H](O)[C@@H](O)O[C@@H]3CO)[C@H](O)[C@@H](O)[C@H]2O)O[C@H](CO)[C@@H](O[C@@H]2O[C@H](CO)[C@H](O)[C@H](O)[C@H]2O)[C@@H]1O[C@@H]1O[C@@H](C)[C@H](O)[C@H](O)[C@H]1O. The molecule has 5 saturated heterocycles. The minimum Gasteiger partial charge on any atom is -0.394 e. The van der Waals surface area contributed by atoms with Crippen LogP contribution in [-0.4, -0.2) is 262 Å². The first-order valence-corrected chi connectivity index (χ1v) is 18.5. The minimum atomic E-state index is -2.03. The molecule has 0 aromatic rings. The number of aliphatic hydroxyl groups excluding tert-OH is 15. The molecule has 0 spiro atoms. The predicted octanol–water partition coefficient (Wildman–Crippen LogP) is -10.8. The summed E-state index contributed by atoms with van der Waals surface area (Å²) in [4.78, 5) is 12.7. The van der Waals surface area contributed by atoms with Crippen molar-refractivity contribution in [2.45, 2.75) is 167 Å². The van der Waals surface area contributed by atoms with Gasteiger partial charge >= 0.3 is 0 Å². The standard InChI is InChI=1S/C32H55NO25/c1-7-14(38)17(41)22(46)30(51-7)58-27-13(33-8(2)37)29(54-11(5-36)26(27)57-31-23(47)18(42)15(39)9(3-34)53-31)50-6-12-16(40)19(43)24(48)32(55-12)56-25-10(4-35)52-28(49)21(45)20(25)44/h7,9-32,34-36,38-49H,3-6H2,1-2H3,(H,33,37)/t7-,9+,10+,11+,12+,13+,14-,15-,16-,17-,18-,19-,20+,21+,22+,23+,24+,25+,26+,27+,28-,29+,30-,31-,32-/m0/s1. The van der Waals surface area contributed by atoms with Crippen molar-refractivity contribution < 1.29 is 124 Å². The maximum absolute atomic E-state index is 12.7. The van der Waals surface area contributed by atoms with Crippen molar-refractivity contribution in [2.24, 2.45) is 0 Å². The van der Waals surface area contributed by atoms with Gasteiger partial charge in [-0.3, -0.25) is 4.79 Å². The molecule has 25 atom stereocenters. The molecular weight excluding hydrogens is 798 g/mol. The highest BCUT2D eigenvalue weighted by Gasteiger charge is 2.56. The van der Waals surface area contributed by atoms with Crippen molar-refractivity contribution in [3.63, 3.8) is 0 Å². The van der Waals surface area contributed by atoms with Crippen molar-refractivity contribution in [2.75, 3.05) is 26.4 Å². The largest absolute Gasteiger partial charge is 0.394 e. The molecule has 0 radical (unpaired) electrons. The molecule has 338 valence electrons. The van der Waals surface area contributed by atoms with Crippen LogP contribution in [0.25, 0.3) is 0 Å². The van der Waals surface area contributed by atoms with Gasteiger partial charge in [-0.2, -0.15) is 0 Å². The lowest BCUT2D eigenvalue weighted by atomic mass is 9.94. The summed E-state index contributed by atoms with van der Waals surface area (Å²) in [5.74, 6) is -0.779. The zero-order valence-corrected chi connectivity index (χ0v) is 31.1. The number of aliphatic hydroxyl groups is 15. The quantitative estimate of drug-likeness (QED) is 0.0818. The second-order valence-corrected chi connectivity index (χ2v) is 14.7. The molecule has 5 aliphatic heterocycles. The third-order valence-corrected chi connectivity index (χ3v) is 10.7. The van der Waals surface area contributed by atoms with E-state index >= 15 is 0 Å². The molecule has 0 aliphatic carbocycles. The Morgan fingerprint density at radius 2 is 0.931 bits per heavy atom. The summed E-state index contributed by atoms with van der Waals surface area (Å²) < 4.78 is 51.2. The first kappa shape index (κ1) is 47.6. The smallest absolute Gasteiger partial charge is 0.217 e. The van der Waals surface area contributed by atoms with Crippen LogP contribution in [0.5, 0.6) is 0 Å². The Morgan fingerprint density at radius 1 is 0.483 bits per heavy atom. The molecule has 1 amide bonds. The Kier molecular flexibility index (Phi) is 16.5. The summed E-state index contributed by atoms with van der Waals surface area (Å²) in [6.07, 6.45) is -42.7. The topological polar surface area (TPSA) is 416 Å². The van der Waals surface area contributed by atoms with Gasteiger partial charge in [0.25, 0.3) is 0 Å². The number of amides is 1. The van der Waals surface area contributed by atoms with E-state index in [0.717, 1.165) is 6.92 Å². The molecule has 0 bridgehead atoms. The van der Waals surface area contributed by atoms with Gasteiger partial charge in [0.2, 0.25) is 5.91 Å². The van der Waals surface area contributed by atoms with Crippen LogP contribution in [-0.2, 0) is 47.4 Å². The van der Waals surface area contributed by atoms with Crippen LogP contribution >= 0.6 is 0 Å². The highest BCUT2D eigenvalue weighted by Crippen LogP contribution is 2.35. The average molecular weight is 854 g/mol. The number of ether oxygens (including phenoxy) is 9. The lowest BCUT2D eigenvalue weighted by molar-refractivity contribution is -0.378. The van der Waals surface area contributed by atoms with Gasteiger partial charge in [-0.05, 0) is 6.92 Å². The summed E-state index contributed by atoms with van der Waals surface area (Å²) >= 11 is 0. The van der Waals surface area contributed by atoms with Gasteiger partial charge < -0.3 is 125 Å². The van der Waals surface area contributed by atoms with Crippen molar-refractivity contribution >= 4 is 5.91 Å². The van der Waals surface area contributed by atoms with Crippen LogP contribution in [0.4, 0.5) is 0 Å². The second kappa shape index (κ2) is 20.1. The van der Waals surface area contributed by atoms with E-state index in [1.165, 1.54) is 6.92 Å². The first-order valence-electron chi connectivity index (χ1n) is 18.5. The fourth-order valence-corrected chi connectivity index (χ4v) is 7.27. The Bertz CT molecular complexity index is 1300. The molecule has 26 nitrogen and oxygen atoms in total. The highest BCUT2D eigenvalue weighted by molar-refractivity contribution is 5.73. The van der Waals surface area contributed by atoms with Crippen LogP contribution in [0.2, 0.25) is 0 Å². The summed E-state index contributed by atoms with van der Waals surface area (Å²) in [6, 6.07) is -1.61. The molecular formula is C32H55NO25. The van der Waals surface area contributed by atoms with Crippen molar-refractivity contribution in [1.29, 1.82) is 0 Å². The van der Waals surface area contributed by atoms with E-state index in [4.69, 9.17) is 42.6 Å². The van der Waals surface area contributed by atoms with Crippen LogP contribution < -0.4 is 5.32 Å². The summed E-state index contributed by atoms with van der Waals surface area (Å²) in [5.41, 5.74) is 0. The molecule has 26 heteroatoms. The lowest BCUT2D eigenvalue weighted by Gasteiger charge is -2.50. The first-order chi connectivity index (χ1) is 27.3. The van der Waals surface area contributed by atoms with E-state index in [2.05, 4.69) is 5.32 Å². The van der Waals surface area contributed by atoms with Gasteiger partial charge in [0.1, 0.15) is 116 Å². The third kappa shape index (κ3) is 9.91. The van der Waals surface area contributed by atoms with E-state index < -0.39 is 186 Å². The zero-order chi connectivity index (χ0) is 42.9. The van der Waals surface area contributed by atoms with E-state index in [1.807, 2.05) is 0 Å². The molecule has 58 heavy (non-hydrogen) atoms. The van der Waals surface area contributed by atoms with Gasteiger partial charge in [-0.25, -0.2) is 0 Å². The Morgan fingerprint density at radius 3 is 1.48 bits per heavy atom. The monoisotopic (exact) mass is 853 g/mol. The van der Waals surface area contributed by atoms with Crippen molar-refractivity contribution in [3.8, 4) is 0 Å². The normalized spacial score (nSPS) is 51.6. The number of nitrogens with one attached hydrogen (secondary N) is 1. The Hall–Kier alpha value is -1.49. The number of rotatable bonds is 13. The molecule has 5 rings (SSSR count). The third-order valence-electron chi connectivity index (χ3n) is 10.7. The molecule has 0 saturated carbocycles. The van der Waals surface area contributed by atoms with Crippen LogP contribution in [0.15, 0.2) is 0 Å². The zero-order valence-electron chi connectivity index (χ0n) is 31.1. The predicted molar refractivity (Wildman–Crippen MR) is 177 cm³/mol.